The first-order chi connectivity index (χ1) is 14.0. The van der Waals surface area contributed by atoms with Crippen molar-refractivity contribution < 1.29 is 28.2 Å². The Labute approximate surface area is 166 Å². The fourth-order valence-electron chi connectivity index (χ4n) is 2.86. The second-order valence-corrected chi connectivity index (χ2v) is 6.24. The van der Waals surface area contributed by atoms with Crippen molar-refractivity contribution in [2.24, 2.45) is 0 Å². The summed E-state index contributed by atoms with van der Waals surface area (Å²) in [5.74, 6) is -0.275. The lowest BCUT2D eigenvalue weighted by molar-refractivity contribution is 0.0734. The van der Waals surface area contributed by atoms with Gasteiger partial charge in [0.2, 0.25) is 5.78 Å². The van der Waals surface area contributed by atoms with E-state index in [0.717, 1.165) is 0 Å². The smallest absolute Gasteiger partial charge is 0.343 e. The molecular weight excluding hydrogens is 375 g/mol. The van der Waals surface area contributed by atoms with Crippen molar-refractivity contribution in [1.29, 1.82) is 0 Å². The first-order valence-electron chi connectivity index (χ1n) is 8.74. The van der Waals surface area contributed by atoms with Gasteiger partial charge in [-0.2, -0.15) is 0 Å². The number of fused-ring (bicyclic) bond motifs is 1. The van der Waals surface area contributed by atoms with Gasteiger partial charge >= 0.3 is 5.97 Å². The van der Waals surface area contributed by atoms with Gasteiger partial charge in [-0.15, -0.1) is 0 Å². The zero-order chi connectivity index (χ0) is 20.4. The van der Waals surface area contributed by atoms with Crippen LogP contribution < -0.4 is 14.2 Å². The predicted molar refractivity (Wildman–Crippen MR) is 104 cm³/mol. The van der Waals surface area contributed by atoms with Gasteiger partial charge in [0.05, 0.1) is 18.2 Å². The molecule has 0 atom stereocenters. The Balaban J connectivity index is 1.54. The van der Waals surface area contributed by atoms with Gasteiger partial charge in [0.15, 0.2) is 5.76 Å². The SMILES string of the molecule is COc1ccc(C(=O)Oc2ccc3c(c2)OC(=Cc2ccccc2F)C3=O)cc1. The molecular formula is C23H15FO5. The van der Waals surface area contributed by atoms with Crippen molar-refractivity contribution in [2.75, 3.05) is 7.11 Å². The highest BCUT2D eigenvalue weighted by atomic mass is 19.1. The Bertz CT molecular complexity index is 1130. The average molecular weight is 390 g/mol. The monoisotopic (exact) mass is 390 g/mol. The minimum absolute atomic E-state index is 0.00345. The van der Waals surface area contributed by atoms with Crippen LogP contribution in [0.2, 0.25) is 0 Å². The summed E-state index contributed by atoms with van der Waals surface area (Å²) >= 11 is 0. The average Bonchev–Trinajstić information content (AvgIpc) is 3.04. The number of rotatable bonds is 4. The highest BCUT2D eigenvalue weighted by molar-refractivity contribution is 6.14. The Morgan fingerprint density at radius 2 is 1.72 bits per heavy atom. The molecule has 0 radical (unpaired) electrons. The van der Waals surface area contributed by atoms with Crippen LogP contribution in [-0.2, 0) is 0 Å². The fraction of sp³-hybridized carbons (Fsp3) is 0.0435. The molecule has 0 aromatic heterocycles. The van der Waals surface area contributed by atoms with Crippen molar-refractivity contribution in [2.45, 2.75) is 0 Å². The summed E-state index contributed by atoms with van der Waals surface area (Å²) in [6.45, 7) is 0. The van der Waals surface area contributed by atoms with Crippen LogP contribution in [0.15, 0.2) is 72.5 Å². The third kappa shape index (κ3) is 3.73. The normalized spacial score (nSPS) is 13.7. The summed E-state index contributed by atoms with van der Waals surface area (Å²) in [6.07, 6.45) is 1.35. The fourth-order valence-corrected chi connectivity index (χ4v) is 2.86. The number of hydrogen-bond acceptors (Lipinski definition) is 5. The molecule has 1 aliphatic rings. The van der Waals surface area contributed by atoms with Crippen LogP contribution in [0, 0.1) is 5.82 Å². The molecule has 5 nitrogen and oxygen atoms in total. The van der Waals surface area contributed by atoms with E-state index in [9.17, 15) is 14.0 Å². The Morgan fingerprint density at radius 1 is 1.00 bits per heavy atom. The summed E-state index contributed by atoms with van der Waals surface area (Å²) < 4.78 is 29.8. The number of carbonyl (C=O) groups is 2. The van der Waals surface area contributed by atoms with Gasteiger partial charge in [0.1, 0.15) is 23.1 Å². The number of hydrogen-bond donors (Lipinski definition) is 0. The molecule has 0 fully saturated rings. The molecule has 0 N–H and O–H groups in total. The van der Waals surface area contributed by atoms with Crippen LogP contribution in [0.3, 0.4) is 0 Å². The Morgan fingerprint density at radius 3 is 2.45 bits per heavy atom. The second kappa shape index (κ2) is 7.59. The maximum Gasteiger partial charge on any atom is 0.343 e. The van der Waals surface area contributed by atoms with Gasteiger partial charge in [0.25, 0.3) is 0 Å². The molecule has 0 unspecified atom stereocenters. The van der Waals surface area contributed by atoms with E-state index in [2.05, 4.69) is 0 Å². The molecule has 1 aliphatic heterocycles. The molecule has 0 aliphatic carbocycles. The van der Waals surface area contributed by atoms with Gasteiger partial charge in [-0.25, -0.2) is 9.18 Å². The van der Waals surface area contributed by atoms with Gasteiger partial charge in [0, 0.05) is 11.6 Å². The van der Waals surface area contributed by atoms with Crippen molar-refractivity contribution in [1.82, 2.24) is 0 Å². The maximum absolute atomic E-state index is 13.8. The Kier molecular flexibility index (Phi) is 4.83. The van der Waals surface area contributed by atoms with Crippen LogP contribution in [0.5, 0.6) is 17.2 Å². The molecule has 0 amide bonds. The molecule has 144 valence electrons. The van der Waals surface area contributed by atoms with Crippen molar-refractivity contribution in [3.63, 3.8) is 0 Å². The zero-order valence-electron chi connectivity index (χ0n) is 15.3. The molecule has 0 saturated heterocycles. The van der Waals surface area contributed by atoms with E-state index in [4.69, 9.17) is 14.2 Å². The maximum atomic E-state index is 13.8. The van der Waals surface area contributed by atoms with Crippen molar-refractivity contribution in [3.05, 3.63) is 95.0 Å². The third-order valence-electron chi connectivity index (χ3n) is 4.37. The van der Waals surface area contributed by atoms with E-state index in [-0.39, 0.29) is 28.6 Å². The standard InChI is InChI=1S/C23H15FO5/c1-27-16-8-6-14(7-9-16)23(26)28-17-10-11-18-20(13-17)29-21(22(18)25)12-15-4-2-3-5-19(15)24/h2-13H,1H3. The van der Waals surface area contributed by atoms with Crippen LogP contribution in [0.4, 0.5) is 4.39 Å². The number of allylic oxidation sites excluding steroid dienone is 1. The first kappa shape index (κ1) is 18.4. The van der Waals surface area contributed by atoms with Crippen LogP contribution in [0.25, 0.3) is 6.08 Å². The number of methoxy groups -OCH3 is 1. The van der Waals surface area contributed by atoms with E-state index < -0.39 is 11.8 Å². The summed E-state index contributed by atoms with van der Waals surface area (Å²) in [5.41, 5.74) is 0.912. The first-order valence-corrected chi connectivity index (χ1v) is 8.74. The summed E-state index contributed by atoms with van der Waals surface area (Å²) in [5, 5.41) is 0. The topological polar surface area (TPSA) is 61.8 Å². The second-order valence-electron chi connectivity index (χ2n) is 6.24. The Hall–Kier alpha value is -3.93. The van der Waals surface area contributed by atoms with Crippen molar-refractivity contribution >= 4 is 17.8 Å². The van der Waals surface area contributed by atoms with E-state index in [0.29, 0.717) is 16.9 Å². The molecule has 1 heterocycles. The van der Waals surface area contributed by atoms with Crippen LogP contribution in [0.1, 0.15) is 26.3 Å². The number of halogens is 1. The van der Waals surface area contributed by atoms with Gasteiger partial charge in [-0.05, 0) is 48.5 Å². The van der Waals surface area contributed by atoms with E-state index in [1.54, 1.807) is 42.5 Å². The molecule has 4 rings (SSSR count). The van der Waals surface area contributed by atoms with Gasteiger partial charge in [-0.3, -0.25) is 4.79 Å². The number of benzene rings is 3. The zero-order valence-corrected chi connectivity index (χ0v) is 15.3. The molecule has 0 bridgehead atoms. The van der Waals surface area contributed by atoms with E-state index in [1.807, 2.05) is 0 Å². The molecule has 6 heteroatoms. The lowest BCUT2D eigenvalue weighted by Crippen LogP contribution is -2.08. The molecule has 29 heavy (non-hydrogen) atoms. The molecule has 0 saturated carbocycles. The summed E-state index contributed by atoms with van der Waals surface area (Å²) in [6, 6.07) is 17.0. The predicted octanol–water partition coefficient (Wildman–Crippen LogP) is 4.67. The van der Waals surface area contributed by atoms with Gasteiger partial charge < -0.3 is 14.2 Å². The number of ether oxygens (including phenoxy) is 3. The quantitative estimate of drug-likeness (QED) is 0.368. The molecule has 3 aromatic carbocycles. The number of esters is 1. The largest absolute Gasteiger partial charge is 0.497 e. The third-order valence-corrected chi connectivity index (χ3v) is 4.37. The molecule has 3 aromatic rings. The minimum Gasteiger partial charge on any atom is -0.497 e. The number of carbonyl (C=O) groups excluding carboxylic acids is 2. The van der Waals surface area contributed by atoms with Crippen LogP contribution >= 0.6 is 0 Å². The lowest BCUT2D eigenvalue weighted by Gasteiger charge is -2.06. The number of ketones is 1. The van der Waals surface area contributed by atoms with Gasteiger partial charge in [-0.1, -0.05) is 18.2 Å². The van der Waals surface area contributed by atoms with E-state index >= 15 is 0 Å². The van der Waals surface area contributed by atoms with Crippen LogP contribution in [-0.4, -0.2) is 18.9 Å². The summed E-state index contributed by atoms with van der Waals surface area (Å²) in [7, 11) is 1.54. The number of Topliss-reactive ketones (excluding diaryl/α,β-unsaturated/α-hetero) is 1. The molecule has 0 spiro atoms. The van der Waals surface area contributed by atoms with E-state index in [1.165, 1.54) is 37.5 Å². The highest BCUT2D eigenvalue weighted by Crippen LogP contribution is 2.35. The minimum atomic E-state index is -0.556. The summed E-state index contributed by atoms with van der Waals surface area (Å²) in [4.78, 5) is 24.8. The lowest BCUT2D eigenvalue weighted by atomic mass is 10.1. The highest BCUT2D eigenvalue weighted by Gasteiger charge is 2.28. The van der Waals surface area contributed by atoms with Crippen molar-refractivity contribution in [3.8, 4) is 17.2 Å².